The third-order valence-corrected chi connectivity index (χ3v) is 4.37. The van der Waals surface area contributed by atoms with Crippen molar-refractivity contribution in [2.75, 3.05) is 13.1 Å². The second-order valence-corrected chi connectivity index (χ2v) is 7.03. The first kappa shape index (κ1) is 27.1. The van der Waals surface area contributed by atoms with Gasteiger partial charge in [-0.05, 0) is 31.9 Å². The second-order valence-electron chi connectivity index (χ2n) is 7.03. The van der Waals surface area contributed by atoms with Gasteiger partial charge in [-0.15, -0.1) is 24.8 Å². The molecule has 0 aromatic carbocycles. The number of carbonyl (C=O) groups is 1. The highest BCUT2D eigenvalue weighted by molar-refractivity contribution is 6.05. The molecular formula is C19H31Cl2N5O3. The van der Waals surface area contributed by atoms with Crippen molar-refractivity contribution in [3.05, 3.63) is 38.2 Å². The lowest BCUT2D eigenvalue weighted by Crippen LogP contribution is -2.39. The first-order valence-electron chi connectivity index (χ1n) is 9.49. The number of hydrogen-bond acceptors (Lipinski definition) is 5. The van der Waals surface area contributed by atoms with E-state index in [1.54, 1.807) is 6.07 Å². The molecular weight excluding hydrogens is 417 g/mol. The van der Waals surface area contributed by atoms with E-state index in [0.717, 1.165) is 6.54 Å². The van der Waals surface area contributed by atoms with E-state index in [2.05, 4.69) is 20.6 Å². The Morgan fingerprint density at radius 1 is 1.21 bits per heavy atom. The number of aryl methyl sites for hydroxylation is 1. The van der Waals surface area contributed by atoms with Crippen LogP contribution in [0, 0.1) is 0 Å². The molecule has 8 nitrogen and oxygen atoms in total. The lowest BCUT2D eigenvalue weighted by Gasteiger charge is -2.16. The number of aromatic nitrogens is 3. The molecule has 2 aromatic heterocycles. The van der Waals surface area contributed by atoms with Crippen molar-refractivity contribution >= 4 is 41.8 Å². The summed E-state index contributed by atoms with van der Waals surface area (Å²) in [7, 11) is 0. The number of rotatable bonds is 8. The fraction of sp³-hybridized carbons (Fsp3) is 0.579. The van der Waals surface area contributed by atoms with Crippen LogP contribution in [0.4, 0.5) is 0 Å². The number of aromatic amines is 1. The summed E-state index contributed by atoms with van der Waals surface area (Å²) in [6.07, 6.45) is 0.705. The molecule has 0 bridgehead atoms. The lowest BCUT2D eigenvalue weighted by atomic mass is 10.0. The summed E-state index contributed by atoms with van der Waals surface area (Å²) in [4.78, 5) is 44.4. The highest BCUT2D eigenvalue weighted by Crippen LogP contribution is 2.19. The van der Waals surface area contributed by atoms with Crippen LogP contribution in [-0.4, -0.2) is 39.6 Å². The van der Waals surface area contributed by atoms with Crippen LogP contribution < -0.4 is 21.9 Å². The summed E-state index contributed by atoms with van der Waals surface area (Å²) in [6, 6.07) is 1.75. The summed E-state index contributed by atoms with van der Waals surface area (Å²) in [5.41, 5.74) is 0.0901. The van der Waals surface area contributed by atoms with Gasteiger partial charge in [-0.2, -0.15) is 0 Å². The molecule has 0 fully saturated rings. The van der Waals surface area contributed by atoms with Crippen molar-refractivity contribution in [2.45, 2.75) is 59.5 Å². The normalized spacial score (nSPS) is 11.7. The van der Waals surface area contributed by atoms with E-state index in [1.807, 2.05) is 34.6 Å². The number of H-pyrrole nitrogens is 1. The van der Waals surface area contributed by atoms with Crippen molar-refractivity contribution in [1.29, 1.82) is 0 Å². The first-order valence-corrected chi connectivity index (χ1v) is 9.49. The average Bonchev–Trinajstić information content (AvgIpc) is 2.62. The molecule has 0 saturated carbocycles. The predicted molar refractivity (Wildman–Crippen MR) is 121 cm³/mol. The van der Waals surface area contributed by atoms with E-state index in [0.29, 0.717) is 25.2 Å². The number of hydrogen-bond donors (Lipinski definition) is 3. The van der Waals surface area contributed by atoms with E-state index in [9.17, 15) is 14.4 Å². The Morgan fingerprint density at radius 3 is 2.41 bits per heavy atom. The first-order chi connectivity index (χ1) is 12.8. The predicted octanol–water partition coefficient (Wildman–Crippen LogP) is 2.19. The molecule has 1 atom stereocenters. The third kappa shape index (κ3) is 6.29. The number of halogens is 2. The van der Waals surface area contributed by atoms with Gasteiger partial charge in [0.2, 0.25) is 0 Å². The van der Waals surface area contributed by atoms with E-state index < -0.39 is 11.2 Å². The monoisotopic (exact) mass is 447 g/mol. The molecule has 2 aromatic rings. The second kappa shape index (κ2) is 11.9. The van der Waals surface area contributed by atoms with Crippen molar-refractivity contribution in [3.63, 3.8) is 0 Å². The van der Waals surface area contributed by atoms with Crippen molar-refractivity contribution < 1.29 is 4.79 Å². The minimum Gasteiger partial charge on any atom is -0.350 e. The smallest absolute Gasteiger partial charge is 0.329 e. The molecule has 164 valence electrons. The van der Waals surface area contributed by atoms with Gasteiger partial charge >= 0.3 is 5.69 Å². The quantitative estimate of drug-likeness (QED) is 0.574. The molecule has 2 rings (SSSR count). The topological polar surface area (TPSA) is 109 Å². The molecule has 0 unspecified atom stereocenters. The number of carbonyl (C=O) groups excluding carboxylic acids is 1. The fourth-order valence-electron chi connectivity index (χ4n) is 2.96. The molecule has 0 radical (unpaired) electrons. The summed E-state index contributed by atoms with van der Waals surface area (Å²) >= 11 is 0. The van der Waals surface area contributed by atoms with Gasteiger partial charge in [0.1, 0.15) is 0 Å². The Kier molecular flexibility index (Phi) is 11.2. The molecule has 0 spiro atoms. The summed E-state index contributed by atoms with van der Waals surface area (Å²) in [6.45, 7) is 11.5. The molecule has 29 heavy (non-hydrogen) atoms. The van der Waals surface area contributed by atoms with E-state index in [-0.39, 0.29) is 59.3 Å². The number of amides is 1. The summed E-state index contributed by atoms with van der Waals surface area (Å²) in [5, 5.41) is 6.24. The fourth-order valence-corrected chi connectivity index (χ4v) is 2.96. The minimum absolute atomic E-state index is 0. The Bertz CT molecular complexity index is 940. The Balaban J connectivity index is 0.00000392. The van der Waals surface area contributed by atoms with Gasteiger partial charge in [0.05, 0.1) is 10.9 Å². The molecule has 10 heteroatoms. The van der Waals surface area contributed by atoms with E-state index in [4.69, 9.17) is 0 Å². The van der Waals surface area contributed by atoms with Crippen LogP contribution in [0.15, 0.2) is 15.7 Å². The van der Waals surface area contributed by atoms with E-state index >= 15 is 0 Å². The molecule has 0 saturated heterocycles. The van der Waals surface area contributed by atoms with Gasteiger partial charge in [0.15, 0.2) is 5.65 Å². The maximum Gasteiger partial charge on any atom is 0.329 e. The maximum absolute atomic E-state index is 12.8. The average molecular weight is 448 g/mol. The molecule has 0 aliphatic carbocycles. The van der Waals surface area contributed by atoms with Crippen LogP contribution >= 0.6 is 24.8 Å². The van der Waals surface area contributed by atoms with Crippen LogP contribution in [0.5, 0.6) is 0 Å². The molecule has 0 aliphatic rings. The Morgan fingerprint density at radius 2 is 1.86 bits per heavy atom. The number of nitrogens with zero attached hydrogens (tertiary/aromatic N) is 2. The number of pyridine rings is 1. The van der Waals surface area contributed by atoms with Gasteiger partial charge in [0, 0.05) is 24.8 Å². The largest absolute Gasteiger partial charge is 0.350 e. The van der Waals surface area contributed by atoms with Gasteiger partial charge in [-0.25, -0.2) is 9.78 Å². The number of likely N-dealkylation sites (N-methyl/N-ethyl adjacent to an activating group) is 1. The van der Waals surface area contributed by atoms with Crippen molar-refractivity contribution in [2.24, 2.45) is 0 Å². The van der Waals surface area contributed by atoms with Crippen molar-refractivity contribution in [1.82, 2.24) is 25.2 Å². The summed E-state index contributed by atoms with van der Waals surface area (Å²) in [5.74, 6) is -0.299. The standard InChI is InChI=1S/C19H29N5O3.2ClH/c1-6-8-24-16-15(18(26)23-19(24)27)13(9-14(22-16)11(3)4)17(25)21-10-12(5)20-7-2;;/h9,11-12,20H,6-8,10H2,1-5H3,(H,21,25)(H,23,26,27);2*1H/t12-;;/m1../s1. The minimum atomic E-state index is -0.588. The molecule has 2 heterocycles. The van der Waals surface area contributed by atoms with Crippen LogP contribution in [0.1, 0.15) is 63.0 Å². The van der Waals surface area contributed by atoms with Crippen molar-refractivity contribution in [3.8, 4) is 0 Å². The highest BCUT2D eigenvalue weighted by Gasteiger charge is 2.20. The summed E-state index contributed by atoms with van der Waals surface area (Å²) < 4.78 is 1.43. The number of fused-ring (bicyclic) bond motifs is 1. The zero-order valence-corrected chi connectivity index (χ0v) is 19.1. The molecule has 1 amide bonds. The van der Waals surface area contributed by atoms with Crippen LogP contribution in [0.3, 0.4) is 0 Å². The van der Waals surface area contributed by atoms with E-state index in [1.165, 1.54) is 4.57 Å². The third-order valence-electron chi connectivity index (χ3n) is 4.37. The SMILES string of the molecule is CCCn1c(=O)[nH]c(=O)c2c(C(=O)NC[C@@H](C)NCC)cc(C(C)C)nc21.Cl.Cl. The molecule has 3 N–H and O–H groups in total. The maximum atomic E-state index is 12.8. The van der Waals surface area contributed by atoms with Gasteiger partial charge < -0.3 is 10.6 Å². The van der Waals surface area contributed by atoms with Crippen LogP contribution in [-0.2, 0) is 6.54 Å². The number of nitrogens with one attached hydrogen (secondary N) is 3. The zero-order chi connectivity index (χ0) is 20.1. The Labute approximate surface area is 182 Å². The van der Waals surface area contributed by atoms with Gasteiger partial charge in [0.25, 0.3) is 11.5 Å². The lowest BCUT2D eigenvalue weighted by molar-refractivity contribution is 0.0951. The molecule has 0 aliphatic heterocycles. The highest BCUT2D eigenvalue weighted by atomic mass is 35.5. The van der Waals surface area contributed by atoms with Gasteiger partial charge in [-0.1, -0.05) is 27.7 Å². The van der Waals surface area contributed by atoms with Crippen LogP contribution in [0.2, 0.25) is 0 Å². The van der Waals surface area contributed by atoms with Gasteiger partial charge in [-0.3, -0.25) is 19.1 Å². The zero-order valence-electron chi connectivity index (χ0n) is 17.5. The van der Waals surface area contributed by atoms with Crippen LogP contribution in [0.25, 0.3) is 11.0 Å². The Hall–Kier alpha value is -1.90.